The highest BCUT2D eigenvalue weighted by Crippen LogP contribution is 2.45. The fourth-order valence-electron chi connectivity index (χ4n) is 6.31. The molecule has 0 aliphatic carbocycles. The number of nitrogen functional groups attached to an aromatic ring is 2. The summed E-state index contributed by atoms with van der Waals surface area (Å²) in [5, 5.41) is 11.1. The lowest BCUT2D eigenvalue weighted by Gasteiger charge is -2.39. The summed E-state index contributed by atoms with van der Waals surface area (Å²) in [4.78, 5) is 45.0. The van der Waals surface area contributed by atoms with E-state index in [-0.39, 0.29) is 41.3 Å². The fourth-order valence-corrected chi connectivity index (χ4v) is 6.31. The number of anilines is 2. The third-order valence-corrected chi connectivity index (χ3v) is 8.06. The van der Waals surface area contributed by atoms with Crippen LogP contribution in [0.2, 0.25) is 0 Å². The van der Waals surface area contributed by atoms with Crippen molar-refractivity contribution in [2.75, 3.05) is 11.5 Å². The molecule has 1 amide bonds. The highest BCUT2D eigenvalue weighted by molar-refractivity contribution is 6.00. The molecule has 0 radical (unpaired) electrons. The van der Waals surface area contributed by atoms with Crippen molar-refractivity contribution in [2.45, 2.75) is 50.6 Å². The molecule has 202 valence electrons. The van der Waals surface area contributed by atoms with Crippen LogP contribution >= 0.6 is 0 Å². The smallest absolute Gasteiger partial charge is 0.272 e. The van der Waals surface area contributed by atoms with Gasteiger partial charge in [0.25, 0.3) is 5.91 Å². The Morgan fingerprint density at radius 3 is 2.50 bits per heavy atom. The van der Waals surface area contributed by atoms with Crippen molar-refractivity contribution in [1.29, 1.82) is 0 Å². The van der Waals surface area contributed by atoms with Gasteiger partial charge in [0.1, 0.15) is 23.0 Å². The molecule has 2 aliphatic rings. The first-order valence-corrected chi connectivity index (χ1v) is 13.2. The normalized spacial score (nSPS) is 20.3. The average molecular weight is 538 g/mol. The number of carbonyl (C=O) groups excluding carboxylic acids is 2. The summed E-state index contributed by atoms with van der Waals surface area (Å²) in [6, 6.07) is 5.41. The van der Waals surface area contributed by atoms with Gasteiger partial charge in [-0.1, -0.05) is 6.07 Å². The largest absolute Gasteiger partial charge is 0.383 e. The van der Waals surface area contributed by atoms with Gasteiger partial charge in [0.05, 0.1) is 17.5 Å². The number of rotatable bonds is 5. The van der Waals surface area contributed by atoms with Gasteiger partial charge in [0.2, 0.25) is 0 Å². The minimum absolute atomic E-state index is 0.0163. The number of nitrogens with zero attached hydrogens (tertiary/aromatic N) is 7. The molecule has 6 N–H and O–H groups in total. The molecule has 0 saturated carbocycles. The molecule has 2 aliphatic heterocycles. The maximum atomic E-state index is 13.3. The first-order valence-electron chi connectivity index (χ1n) is 13.2. The maximum absolute atomic E-state index is 13.3. The van der Waals surface area contributed by atoms with E-state index >= 15 is 0 Å². The predicted octanol–water partition coefficient (Wildman–Crippen LogP) is 2.82. The molecule has 7 heterocycles. The van der Waals surface area contributed by atoms with Crippen LogP contribution in [0.3, 0.4) is 0 Å². The third kappa shape index (κ3) is 3.73. The lowest BCUT2D eigenvalue weighted by atomic mass is 9.85. The van der Waals surface area contributed by atoms with Crippen molar-refractivity contribution >= 4 is 29.0 Å². The summed E-state index contributed by atoms with van der Waals surface area (Å²) < 4.78 is 1.52. The Morgan fingerprint density at radius 1 is 1.07 bits per heavy atom. The number of ketones is 1. The number of hydrogen-bond donors (Lipinski definition) is 4. The molecule has 0 unspecified atom stereocenters. The van der Waals surface area contributed by atoms with Gasteiger partial charge in [-0.25, -0.2) is 9.97 Å². The molecular weight excluding hydrogens is 510 g/mol. The van der Waals surface area contributed by atoms with Crippen molar-refractivity contribution < 1.29 is 9.59 Å². The van der Waals surface area contributed by atoms with Crippen LogP contribution in [0.15, 0.2) is 43.0 Å². The quantitative estimate of drug-likeness (QED) is 0.244. The van der Waals surface area contributed by atoms with Crippen molar-refractivity contribution in [3.05, 3.63) is 59.9 Å². The van der Waals surface area contributed by atoms with Crippen LogP contribution in [0.25, 0.3) is 28.3 Å². The summed E-state index contributed by atoms with van der Waals surface area (Å²) in [6.07, 6.45) is 9.99. The number of piperidine rings is 1. The second-order valence-corrected chi connectivity index (χ2v) is 10.4. The fraction of sp³-hybridized carbons (Fsp3) is 0.296. The van der Waals surface area contributed by atoms with Gasteiger partial charge >= 0.3 is 0 Å². The second-order valence-electron chi connectivity index (χ2n) is 10.4. The van der Waals surface area contributed by atoms with Crippen LogP contribution in [-0.4, -0.2) is 68.4 Å². The number of nitrogens with two attached hydrogens (primary N) is 2. The molecule has 13 heteroatoms. The molecule has 3 atom stereocenters. The van der Waals surface area contributed by atoms with E-state index in [9.17, 15) is 9.59 Å². The van der Waals surface area contributed by atoms with Gasteiger partial charge in [-0.05, 0) is 38.7 Å². The van der Waals surface area contributed by atoms with E-state index in [0.717, 1.165) is 24.0 Å². The zero-order chi connectivity index (χ0) is 27.5. The Kier molecular flexibility index (Phi) is 5.40. The zero-order valence-electron chi connectivity index (χ0n) is 21.7. The number of aromatic nitrogens is 8. The van der Waals surface area contributed by atoms with Crippen LogP contribution in [-0.2, 0) is 0 Å². The number of aromatic amines is 2. The van der Waals surface area contributed by atoms with E-state index in [1.54, 1.807) is 30.9 Å². The van der Waals surface area contributed by atoms with E-state index in [0.29, 0.717) is 47.0 Å². The molecule has 2 bridgehead atoms. The monoisotopic (exact) mass is 537 g/mol. The van der Waals surface area contributed by atoms with Crippen LogP contribution in [0, 0.1) is 0 Å². The minimum atomic E-state index is -0.165. The van der Waals surface area contributed by atoms with Crippen molar-refractivity contribution in [1.82, 2.24) is 44.6 Å². The lowest BCUT2D eigenvalue weighted by molar-refractivity contribution is 0.0562. The van der Waals surface area contributed by atoms with E-state index in [1.165, 1.54) is 11.4 Å². The molecular formula is C27H27N11O2. The van der Waals surface area contributed by atoms with Crippen LogP contribution in [0.4, 0.5) is 11.6 Å². The summed E-state index contributed by atoms with van der Waals surface area (Å²) in [6.45, 7) is 1.50. The summed E-state index contributed by atoms with van der Waals surface area (Å²) in [5.74, 6) is 0.917. The predicted molar refractivity (Wildman–Crippen MR) is 146 cm³/mol. The SMILES string of the molecule is CC(=O)c1c([C@@H]2C[C@H]3CC[C@@H](C2)N3C(=O)c2cc(N)n[nH]2)nc2c(-c3ccc(-c4ncc[nH]4)nc3)cnn2c1N. The van der Waals surface area contributed by atoms with Gasteiger partial charge in [0, 0.05) is 53.8 Å². The van der Waals surface area contributed by atoms with Crippen LogP contribution in [0.5, 0.6) is 0 Å². The molecule has 2 fully saturated rings. The molecule has 0 spiro atoms. The van der Waals surface area contributed by atoms with Gasteiger partial charge < -0.3 is 21.4 Å². The molecule has 0 aromatic carbocycles. The highest BCUT2D eigenvalue weighted by atomic mass is 16.2. The summed E-state index contributed by atoms with van der Waals surface area (Å²) >= 11 is 0. The number of amides is 1. The molecule has 7 rings (SSSR count). The molecule has 13 nitrogen and oxygen atoms in total. The number of carbonyl (C=O) groups is 2. The lowest BCUT2D eigenvalue weighted by Crippen LogP contribution is -2.46. The molecule has 5 aromatic heterocycles. The topological polar surface area (TPSA) is 190 Å². The number of nitrogens with one attached hydrogen (secondary N) is 2. The van der Waals surface area contributed by atoms with Gasteiger partial charge in [-0.3, -0.25) is 19.7 Å². The Hall–Kier alpha value is -5.07. The first-order chi connectivity index (χ1) is 19.4. The van der Waals surface area contributed by atoms with Crippen molar-refractivity contribution in [2.24, 2.45) is 0 Å². The number of imidazole rings is 1. The Balaban J connectivity index is 1.25. The minimum Gasteiger partial charge on any atom is -0.383 e. The average Bonchev–Trinajstić information content (AvgIpc) is 3.75. The number of hydrogen-bond acceptors (Lipinski definition) is 9. The summed E-state index contributed by atoms with van der Waals surface area (Å²) in [5.41, 5.74) is 16.6. The Labute approximate surface area is 228 Å². The molecule has 2 saturated heterocycles. The standard InChI is InChI=1S/C27H27N11O2/c1-13(39)22-23(15-8-16-3-4-17(9-15)37(16)27(40)20-10-21(28)36-35-20)34-26-18(12-33-38(26)24(22)29)14-2-5-19(32-11-14)25-30-6-7-31-25/h2,5-7,10-12,15-17H,3-4,8-9,29H2,1H3,(H,30,31)(H3,28,35,36)/t15-,16-,17+. The number of H-pyrrole nitrogens is 2. The number of Topliss-reactive ketones (excluding diaryl/α,β-unsaturated/α-hetero) is 1. The third-order valence-electron chi connectivity index (χ3n) is 8.06. The highest BCUT2D eigenvalue weighted by Gasteiger charge is 2.45. The molecule has 40 heavy (non-hydrogen) atoms. The van der Waals surface area contributed by atoms with E-state index in [4.69, 9.17) is 16.5 Å². The van der Waals surface area contributed by atoms with Crippen LogP contribution in [0.1, 0.15) is 65.1 Å². The molecule has 5 aromatic rings. The number of pyridine rings is 1. The first kappa shape index (κ1) is 24.0. The van der Waals surface area contributed by atoms with E-state index < -0.39 is 0 Å². The Morgan fingerprint density at radius 2 is 1.88 bits per heavy atom. The van der Waals surface area contributed by atoms with Crippen molar-refractivity contribution in [3.8, 4) is 22.6 Å². The number of fused-ring (bicyclic) bond motifs is 3. The Bertz CT molecular complexity index is 1740. The van der Waals surface area contributed by atoms with Crippen LogP contribution < -0.4 is 11.5 Å². The maximum Gasteiger partial charge on any atom is 0.272 e. The van der Waals surface area contributed by atoms with Gasteiger partial charge in [-0.15, -0.1) is 0 Å². The second kappa shape index (κ2) is 9.00. The van der Waals surface area contributed by atoms with Gasteiger partial charge in [-0.2, -0.15) is 14.7 Å². The van der Waals surface area contributed by atoms with E-state index in [1.807, 2.05) is 17.0 Å². The zero-order valence-corrected chi connectivity index (χ0v) is 21.7. The summed E-state index contributed by atoms with van der Waals surface area (Å²) in [7, 11) is 0. The van der Waals surface area contributed by atoms with E-state index in [2.05, 4.69) is 30.2 Å². The van der Waals surface area contributed by atoms with Crippen molar-refractivity contribution in [3.63, 3.8) is 0 Å². The van der Waals surface area contributed by atoms with Gasteiger partial charge in [0.15, 0.2) is 17.3 Å².